The molecule has 1 aromatic heterocycles. The summed E-state index contributed by atoms with van der Waals surface area (Å²) >= 11 is 0. The molecule has 0 amide bonds. The van der Waals surface area contributed by atoms with Crippen molar-refractivity contribution in [1.82, 2.24) is 20.2 Å². The fourth-order valence-corrected chi connectivity index (χ4v) is 2.85. The molecule has 1 aliphatic rings. The Labute approximate surface area is 134 Å². The van der Waals surface area contributed by atoms with E-state index in [1.807, 2.05) is 4.68 Å². The standard InChI is InChI=1S/C18H17N5/c1-12-6-8-14(9-7-12)16-11-17(15-5-3-4-13(2)10-15)23-18(19-16)20-21-22-23/h3-11,17H,1-2H3,(H,19,20,22)/t17-/m0/s1. The monoisotopic (exact) mass is 303 g/mol. The first-order valence-electron chi connectivity index (χ1n) is 7.61. The van der Waals surface area contributed by atoms with E-state index in [-0.39, 0.29) is 6.04 Å². The number of anilines is 1. The number of nitrogens with one attached hydrogen (secondary N) is 1. The number of aryl methyl sites for hydroxylation is 2. The van der Waals surface area contributed by atoms with Gasteiger partial charge in [0.2, 0.25) is 5.95 Å². The molecular weight excluding hydrogens is 286 g/mol. The third kappa shape index (κ3) is 2.50. The quantitative estimate of drug-likeness (QED) is 0.789. The lowest BCUT2D eigenvalue weighted by Gasteiger charge is -2.23. The maximum Gasteiger partial charge on any atom is 0.248 e. The van der Waals surface area contributed by atoms with Crippen LogP contribution in [-0.2, 0) is 0 Å². The zero-order valence-electron chi connectivity index (χ0n) is 13.1. The Balaban J connectivity index is 1.81. The van der Waals surface area contributed by atoms with Crippen molar-refractivity contribution in [3.8, 4) is 0 Å². The van der Waals surface area contributed by atoms with E-state index in [1.165, 1.54) is 16.7 Å². The fourth-order valence-electron chi connectivity index (χ4n) is 2.85. The third-order valence-electron chi connectivity index (χ3n) is 4.07. The highest BCUT2D eigenvalue weighted by molar-refractivity contribution is 5.77. The van der Waals surface area contributed by atoms with Gasteiger partial charge in [-0.05, 0) is 41.5 Å². The molecule has 3 aromatic rings. The van der Waals surface area contributed by atoms with Gasteiger partial charge in [-0.2, -0.15) is 4.68 Å². The van der Waals surface area contributed by atoms with Crippen molar-refractivity contribution in [2.75, 3.05) is 5.32 Å². The molecule has 0 fully saturated rings. The average Bonchev–Trinajstić information content (AvgIpc) is 3.03. The maximum atomic E-state index is 4.13. The molecule has 0 bridgehead atoms. The van der Waals surface area contributed by atoms with Gasteiger partial charge in [0.05, 0.1) is 0 Å². The fraction of sp³-hybridized carbons (Fsp3) is 0.167. The number of fused-ring (bicyclic) bond motifs is 1. The van der Waals surface area contributed by atoms with Crippen LogP contribution < -0.4 is 5.32 Å². The average molecular weight is 303 g/mol. The highest BCUT2D eigenvalue weighted by Gasteiger charge is 2.24. The van der Waals surface area contributed by atoms with Gasteiger partial charge in [0, 0.05) is 5.70 Å². The van der Waals surface area contributed by atoms with Crippen molar-refractivity contribution in [2.45, 2.75) is 19.9 Å². The Morgan fingerprint density at radius 3 is 2.61 bits per heavy atom. The van der Waals surface area contributed by atoms with E-state index < -0.39 is 0 Å². The summed E-state index contributed by atoms with van der Waals surface area (Å²) in [7, 11) is 0. The van der Waals surface area contributed by atoms with E-state index in [2.05, 4.69) is 89.3 Å². The number of nitrogens with zero attached hydrogens (tertiary/aromatic N) is 4. The van der Waals surface area contributed by atoms with Crippen molar-refractivity contribution >= 4 is 11.6 Å². The second-order valence-corrected chi connectivity index (χ2v) is 5.88. The van der Waals surface area contributed by atoms with Gasteiger partial charge in [0.15, 0.2) is 0 Å². The highest BCUT2D eigenvalue weighted by Crippen LogP contribution is 2.31. The van der Waals surface area contributed by atoms with Crippen LogP contribution in [0.25, 0.3) is 5.70 Å². The summed E-state index contributed by atoms with van der Waals surface area (Å²) in [6.07, 6.45) is 2.17. The summed E-state index contributed by atoms with van der Waals surface area (Å²) in [6, 6.07) is 16.9. The number of hydrogen-bond donors (Lipinski definition) is 1. The molecule has 0 unspecified atom stereocenters. The van der Waals surface area contributed by atoms with Gasteiger partial charge >= 0.3 is 0 Å². The second-order valence-electron chi connectivity index (χ2n) is 5.88. The van der Waals surface area contributed by atoms with E-state index in [0.717, 1.165) is 11.3 Å². The lowest BCUT2D eigenvalue weighted by molar-refractivity contribution is 0.585. The molecule has 5 heteroatoms. The molecule has 4 rings (SSSR count). The summed E-state index contributed by atoms with van der Waals surface area (Å²) in [4.78, 5) is 0. The van der Waals surface area contributed by atoms with Crippen molar-refractivity contribution < 1.29 is 0 Å². The Morgan fingerprint density at radius 2 is 1.83 bits per heavy atom. The molecule has 1 atom stereocenters. The summed E-state index contributed by atoms with van der Waals surface area (Å²) in [5, 5.41) is 15.4. The molecule has 0 saturated heterocycles. The smallest absolute Gasteiger partial charge is 0.248 e. The van der Waals surface area contributed by atoms with Crippen molar-refractivity contribution in [2.24, 2.45) is 0 Å². The largest absolute Gasteiger partial charge is 0.323 e. The molecule has 0 aliphatic carbocycles. The van der Waals surface area contributed by atoms with Crippen LogP contribution in [0.15, 0.2) is 54.6 Å². The molecule has 0 saturated carbocycles. The SMILES string of the molecule is Cc1ccc(C2=C[C@@H](c3cccc(C)c3)n3nnnc3N2)cc1. The van der Waals surface area contributed by atoms with Crippen LogP contribution in [0.4, 0.5) is 5.95 Å². The van der Waals surface area contributed by atoms with Crippen LogP contribution in [0, 0.1) is 13.8 Å². The molecule has 1 N–H and O–H groups in total. The van der Waals surface area contributed by atoms with Gasteiger partial charge in [-0.3, -0.25) is 0 Å². The Morgan fingerprint density at radius 1 is 1.00 bits per heavy atom. The number of hydrogen-bond acceptors (Lipinski definition) is 4. The van der Waals surface area contributed by atoms with Gasteiger partial charge in [0.25, 0.3) is 0 Å². The molecule has 5 nitrogen and oxygen atoms in total. The number of rotatable bonds is 2. The normalized spacial score (nSPS) is 16.4. The maximum absolute atomic E-state index is 4.13. The van der Waals surface area contributed by atoms with Crippen molar-refractivity contribution in [1.29, 1.82) is 0 Å². The van der Waals surface area contributed by atoms with Crippen LogP contribution in [0.2, 0.25) is 0 Å². The van der Waals surface area contributed by atoms with Crippen molar-refractivity contribution in [3.05, 3.63) is 76.9 Å². The summed E-state index contributed by atoms with van der Waals surface area (Å²) in [5.41, 5.74) is 5.79. The van der Waals surface area contributed by atoms with Gasteiger partial charge in [-0.25, -0.2) is 0 Å². The zero-order chi connectivity index (χ0) is 15.8. The molecule has 0 radical (unpaired) electrons. The van der Waals surface area contributed by atoms with E-state index in [1.54, 1.807) is 0 Å². The first-order chi connectivity index (χ1) is 11.2. The lowest BCUT2D eigenvalue weighted by Crippen LogP contribution is -2.20. The van der Waals surface area contributed by atoms with Crippen LogP contribution in [0.3, 0.4) is 0 Å². The minimum atomic E-state index is -0.0162. The second kappa shape index (κ2) is 5.35. The van der Waals surface area contributed by atoms with E-state index >= 15 is 0 Å². The van der Waals surface area contributed by atoms with Crippen LogP contribution in [0.5, 0.6) is 0 Å². The summed E-state index contributed by atoms with van der Waals surface area (Å²) in [5.74, 6) is 0.662. The Bertz CT molecular complexity index is 876. The minimum Gasteiger partial charge on any atom is -0.323 e. The predicted molar refractivity (Wildman–Crippen MR) is 89.9 cm³/mol. The van der Waals surface area contributed by atoms with E-state index in [9.17, 15) is 0 Å². The first-order valence-corrected chi connectivity index (χ1v) is 7.61. The van der Waals surface area contributed by atoms with Gasteiger partial charge < -0.3 is 5.32 Å². The number of allylic oxidation sites excluding steroid dienone is 1. The molecule has 2 heterocycles. The Kier molecular flexibility index (Phi) is 3.19. The number of aromatic nitrogens is 4. The number of tetrazole rings is 1. The van der Waals surface area contributed by atoms with E-state index in [0.29, 0.717) is 5.95 Å². The van der Waals surface area contributed by atoms with Gasteiger partial charge in [-0.1, -0.05) is 64.8 Å². The Hall–Kier alpha value is -2.95. The topological polar surface area (TPSA) is 55.6 Å². The minimum absolute atomic E-state index is 0.0162. The number of benzene rings is 2. The molecule has 114 valence electrons. The summed E-state index contributed by atoms with van der Waals surface area (Å²) in [6.45, 7) is 4.18. The van der Waals surface area contributed by atoms with Crippen LogP contribution in [-0.4, -0.2) is 20.2 Å². The first kappa shape index (κ1) is 13.7. The van der Waals surface area contributed by atoms with Gasteiger partial charge in [-0.15, -0.1) is 0 Å². The van der Waals surface area contributed by atoms with Crippen LogP contribution >= 0.6 is 0 Å². The summed E-state index contributed by atoms with van der Waals surface area (Å²) < 4.78 is 1.81. The van der Waals surface area contributed by atoms with Crippen LogP contribution in [0.1, 0.15) is 28.3 Å². The van der Waals surface area contributed by atoms with E-state index in [4.69, 9.17) is 0 Å². The molecule has 0 spiro atoms. The molecular formula is C18H17N5. The third-order valence-corrected chi connectivity index (χ3v) is 4.07. The predicted octanol–water partition coefficient (Wildman–Crippen LogP) is 3.35. The lowest BCUT2D eigenvalue weighted by atomic mass is 10.00. The molecule has 23 heavy (non-hydrogen) atoms. The molecule has 2 aromatic carbocycles. The van der Waals surface area contributed by atoms with Crippen molar-refractivity contribution in [3.63, 3.8) is 0 Å². The zero-order valence-corrected chi connectivity index (χ0v) is 13.1. The van der Waals surface area contributed by atoms with Gasteiger partial charge in [0.1, 0.15) is 6.04 Å². The molecule has 1 aliphatic heterocycles. The highest BCUT2D eigenvalue weighted by atomic mass is 15.6.